The summed E-state index contributed by atoms with van der Waals surface area (Å²) in [5, 5.41) is 17.1. The molecule has 0 aliphatic carbocycles. The van der Waals surface area contributed by atoms with Crippen LogP contribution in [0.25, 0.3) is 21.9 Å². The van der Waals surface area contributed by atoms with Gasteiger partial charge in [-0.3, -0.25) is 4.57 Å². The van der Waals surface area contributed by atoms with E-state index in [9.17, 15) is 27.9 Å². The third kappa shape index (κ3) is 6.12. The normalized spacial score (nSPS) is 15.5. The van der Waals surface area contributed by atoms with Crippen LogP contribution in [0.3, 0.4) is 0 Å². The van der Waals surface area contributed by atoms with E-state index in [1.165, 1.54) is 6.20 Å². The highest BCUT2D eigenvalue weighted by Crippen LogP contribution is 2.25. The summed E-state index contributed by atoms with van der Waals surface area (Å²) in [5.74, 6) is -0.641. The number of nitrogens with zero attached hydrogens (tertiary/aromatic N) is 4. The Labute approximate surface area is 239 Å². The number of likely N-dealkylation sites (tertiary alicyclic amines) is 1. The van der Waals surface area contributed by atoms with Crippen molar-refractivity contribution in [3.8, 4) is 0 Å². The first-order valence-corrected chi connectivity index (χ1v) is 17.1. The lowest BCUT2D eigenvalue weighted by Crippen LogP contribution is -2.51. The predicted octanol–water partition coefficient (Wildman–Crippen LogP) is 1.78. The Morgan fingerprint density at radius 3 is 2.59 bits per heavy atom. The smallest absolute Gasteiger partial charge is 0.326 e. The Kier molecular flexibility index (Phi) is 8.13. The first-order chi connectivity index (χ1) is 19.5. The van der Waals surface area contributed by atoms with Gasteiger partial charge in [0.2, 0.25) is 0 Å². The number of hydrogen-bond acceptors (Lipinski definition) is 6. The lowest BCUT2D eigenvalue weighted by Gasteiger charge is -2.33. The monoisotopic (exact) mass is 601 g/mol. The van der Waals surface area contributed by atoms with E-state index in [1.807, 2.05) is 36.8 Å². The molecular formula is C27H33N6O6S2+. The maximum atomic E-state index is 13.0. The topological polar surface area (TPSA) is 159 Å². The molecule has 218 valence electrons. The summed E-state index contributed by atoms with van der Waals surface area (Å²) in [6.45, 7) is 0.761. The number of H-pyrrole nitrogens is 1. The largest absolute Gasteiger partial charge is 0.480 e. The van der Waals surface area contributed by atoms with Gasteiger partial charge in [0.15, 0.2) is 0 Å². The number of aromatic amines is 1. The number of aromatic nitrogens is 4. The molecule has 1 unspecified atom stereocenters. The van der Waals surface area contributed by atoms with Gasteiger partial charge in [0.25, 0.3) is 10.0 Å². The zero-order valence-electron chi connectivity index (χ0n) is 22.8. The summed E-state index contributed by atoms with van der Waals surface area (Å²) >= 11 is 0. The van der Waals surface area contributed by atoms with Crippen molar-refractivity contribution in [1.82, 2.24) is 29.0 Å². The van der Waals surface area contributed by atoms with E-state index in [-0.39, 0.29) is 34.8 Å². The van der Waals surface area contributed by atoms with Crippen molar-refractivity contribution in [2.45, 2.75) is 31.3 Å². The molecule has 1 fully saturated rings. The van der Waals surface area contributed by atoms with Crippen molar-refractivity contribution >= 4 is 54.9 Å². The van der Waals surface area contributed by atoms with Gasteiger partial charge in [-0.25, -0.2) is 22.8 Å². The zero-order valence-corrected chi connectivity index (χ0v) is 24.5. The number of aliphatic carboxylic acids is 1. The summed E-state index contributed by atoms with van der Waals surface area (Å²) < 4.78 is 28.3. The third-order valence-corrected chi connectivity index (χ3v) is 10.2. The minimum atomic E-state index is -3.61. The molecule has 1 aliphatic rings. The Morgan fingerprint density at radius 1 is 1.15 bits per heavy atom. The number of carboxylic acids is 1. The molecule has 2 aromatic heterocycles. The van der Waals surface area contributed by atoms with Gasteiger partial charge < -0.3 is 20.3 Å². The molecule has 41 heavy (non-hydrogen) atoms. The highest BCUT2D eigenvalue weighted by molar-refractivity contribution is 7.97. The number of rotatable bonds is 9. The number of carbonyl (C=O) groups excluding carboxylic acids is 1. The number of amides is 2. The Morgan fingerprint density at radius 2 is 1.88 bits per heavy atom. The maximum absolute atomic E-state index is 13.0. The number of nitrogens with one attached hydrogen (secondary N) is 2. The minimum absolute atomic E-state index is 0.00940. The molecule has 5 rings (SSSR count). The highest BCUT2D eigenvalue weighted by Gasteiger charge is 2.29. The van der Waals surface area contributed by atoms with Crippen LogP contribution < -0.4 is 11.0 Å². The Hall–Kier alpha value is -3.78. The summed E-state index contributed by atoms with van der Waals surface area (Å²) in [4.78, 5) is 42.0. The van der Waals surface area contributed by atoms with Crippen molar-refractivity contribution in [1.29, 1.82) is 0 Å². The molecule has 1 atom stereocenters. The standard InChI is InChI=1S/C27H32N6O6S2/c1-40(2)13-14-41(38,39)33-23-8-7-18(15-19(23)17-28-33)16-22(25(34)35)30-26(36)31-11-9-20(10-12-31)32-24-6-4-3-5-21(24)29-27(32)37/h3-8,15,17,20,22H,9-14,16H2,1-2H3,(H2-,29,30,34,35,36,37)/p+1. The van der Waals surface area contributed by atoms with Gasteiger partial charge in [0.1, 0.15) is 17.5 Å². The predicted molar refractivity (Wildman–Crippen MR) is 159 cm³/mol. The molecule has 0 spiro atoms. The van der Waals surface area contributed by atoms with Crippen LogP contribution in [0.4, 0.5) is 4.79 Å². The fourth-order valence-corrected chi connectivity index (χ4v) is 8.21. The van der Waals surface area contributed by atoms with Crippen molar-refractivity contribution in [2.75, 3.05) is 37.1 Å². The summed E-state index contributed by atoms with van der Waals surface area (Å²) in [6, 6.07) is 10.7. The number of para-hydroxylation sites is 2. The minimum Gasteiger partial charge on any atom is -0.480 e. The number of piperidine rings is 1. The fourth-order valence-electron chi connectivity index (χ4n) is 5.21. The van der Waals surface area contributed by atoms with Gasteiger partial charge in [-0.05, 0) is 53.6 Å². The van der Waals surface area contributed by atoms with Gasteiger partial charge >= 0.3 is 17.7 Å². The van der Waals surface area contributed by atoms with Gasteiger partial charge in [-0.2, -0.15) is 9.19 Å². The van der Waals surface area contributed by atoms with Gasteiger partial charge in [-0.1, -0.05) is 18.2 Å². The van der Waals surface area contributed by atoms with Crippen LogP contribution in [-0.2, 0) is 32.1 Å². The van der Waals surface area contributed by atoms with Crippen LogP contribution in [0.15, 0.2) is 53.5 Å². The SMILES string of the molecule is C[S+](C)CCS(=O)(=O)n1ncc2cc(CC(NC(=O)N3CCC(n4c(=O)[nH]c5ccccc54)CC3)C(=O)O)ccc21. The van der Waals surface area contributed by atoms with Crippen molar-refractivity contribution in [3.05, 3.63) is 64.7 Å². The van der Waals surface area contributed by atoms with Gasteiger partial charge in [0.05, 0.1) is 35.3 Å². The van der Waals surface area contributed by atoms with Crippen molar-refractivity contribution < 1.29 is 23.1 Å². The average Bonchev–Trinajstić information content (AvgIpc) is 3.52. The van der Waals surface area contributed by atoms with Crippen LogP contribution in [0.5, 0.6) is 0 Å². The van der Waals surface area contributed by atoms with Crippen LogP contribution in [0, 0.1) is 0 Å². The van der Waals surface area contributed by atoms with Crippen LogP contribution >= 0.6 is 0 Å². The van der Waals surface area contributed by atoms with E-state index < -0.39 is 28.1 Å². The number of urea groups is 1. The molecule has 0 bridgehead atoms. The first-order valence-electron chi connectivity index (χ1n) is 13.2. The Balaban J connectivity index is 1.23. The van der Waals surface area contributed by atoms with Crippen molar-refractivity contribution in [3.63, 3.8) is 0 Å². The number of hydrogen-bond donors (Lipinski definition) is 3. The number of carbonyl (C=O) groups is 2. The lowest BCUT2D eigenvalue weighted by atomic mass is 10.0. The van der Waals surface area contributed by atoms with Crippen LogP contribution in [0.2, 0.25) is 0 Å². The van der Waals surface area contributed by atoms with E-state index in [2.05, 4.69) is 15.4 Å². The number of fused-ring (bicyclic) bond motifs is 2. The third-order valence-electron chi connectivity index (χ3n) is 7.39. The summed E-state index contributed by atoms with van der Waals surface area (Å²) in [6.07, 6.45) is 6.56. The molecule has 1 aliphatic heterocycles. The van der Waals surface area contributed by atoms with Gasteiger partial charge in [0, 0.05) is 30.9 Å². The quantitative estimate of drug-likeness (QED) is 0.247. The van der Waals surface area contributed by atoms with E-state index in [1.54, 1.807) is 27.7 Å². The van der Waals surface area contributed by atoms with E-state index in [0.29, 0.717) is 48.2 Å². The number of benzene rings is 2. The van der Waals surface area contributed by atoms with Crippen LogP contribution in [-0.4, -0.2) is 92.3 Å². The summed E-state index contributed by atoms with van der Waals surface area (Å²) in [7, 11) is -3.64. The number of carboxylic acid groups (broad SMARTS) is 1. The molecular weight excluding hydrogens is 568 g/mol. The molecule has 14 heteroatoms. The maximum Gasteiger partial charge on any atom is 0.326 e. The summed E-state index contributed by atoms with van der Waals surface area (Å²) in [5.41, 5.74) is 2.45. The second kappa shape index (κ2) is 11.6. The molecule has 3 N–H and O–H groups in total. The molecule has 4 aromatic rings. The molecule has 3 heterocycles. The molecule has 2 aromatic carbocycles. The van der Waals surface area contributed by atoms with E-state index in [4.69, 9.17) is 0 Å². The van der Waals surface area contributed by atoms with E-state index >= 15 is 0 Å². The second-order valence-corrected chi connectivity index (χ2v) is 14.8. The zero-order chi connectivity index (χ0) is 29.3. The first kappa shape index (κ1) is 28.7. The average molecular weight is 602 g/mol. The molecule has 0 radical (unpaired) electrons. The number of imidazole rings is 1. The van der Waals surface area contributed by atoms with Gasteiger partial charge in [-0.15, -0.1) is 0 Å². The molecule has 1 saturated heterocycles. The second-order valence-electron chi connectivity index (χ2n) is 10.5. The lowest BCUT2D eigenvalue weighted by molar-refractivity contribution is -0.139. The fraction of sp³-hybridized carbons (Fsp3) is 0.407. The molecule has 0 saturated carbocycles. The Bertz CT molecular complexity index is 1750. The molecule has 12 nitrogen and oxygen atoms in total. The molecule has 2 amide bonds. The van der Waals surface area contributed by atoms with Crippen molar-refractivity contribution in [2.24, 2.45) is 0 Å². The van der Waals surface area contributed by atoms with E-state index in [0.717, 1.165) is 15.1 Å². The van der Waals surface area contributed by atoms with Crippen LogP contribution in [0.1, 0.15) is 24.4 Å². The highest BCUT2D eigenvalue weighted by atomic mass is 32.2.